The maximum absolute atomic E-state index is 4.46. The third-order valence-corrected chi connectivity index (χ3v) is 3.22. The molecule has 1 atom stereocenters. The summed E-state index contributed by atoms with van der Waals surface area (Å²) in [5.41, 5.74) is 2.57. The number of aromatic nitrogens is 1. The molecule has 0 spiro atoms. The van der Waals surface area contributed by atoms with Gasteiger partial charge in [-0.2, -0.15) is 0 Å². The molecule has 0 aliphatic heterocycles. The van der Waals surface area contributed by atoms with Gasteiger partial charge in [0.1, 0.15) is 0 Å². The average Bonchev–Trinajstić information content (AvgIpc) is 2.37. The van der Waals surface area contributed by atoms with E-state index in [0.717, 1.165) is 13.0 Å². The van der Waals surface area contributed by atoms with E-state index in [2.05, 4.69) is 37.1 Å². The molecule has 0 saturated carbocycles. The lowest BCUT2D eigenvalue weighted by molar-refractivity contribution is 0.483. The minimum absolute atomic E-state index is 0.591. The summed E-state index contributed by atoms with van der Waals surface area (Å²) in [6.45, 7) is 7.60. The molecule has 0 aliphatic rings. The number of hydrogen-bond donors (Lipinski definition) is 1. The monoisotopic (exact) mass is 234 g/mol. The summed E-state index contributed by atoms with van der Waals surface area (Å²) in [6, 6.07) is 4.78. The number of unbranched alkanes of at least 4 members (excludes halogenated alkanes) is 2. The van der Waals surface area contributed by atoms with Crippen molar-refractivity contribution in [1.82, 2.24) is 10.3 Å². The molecule has 1 aromatic rings. The summed E-state index contributed by atoms with van der Waals surface area (Å²) in [7, 11) is 0. The van der Waals surface area contributed by atoms with Crippen molar-refractivity contribution in [1.29, 1.82) is 0 Å². The van der Waals surface area contributed by atoms with E-state index >= 15 is 0 Å². The van der Waals surface area contributed by atoms with Crippen molar-refractivity contribution < 1.29 is 0 Å². The lowest BCUT2D eigenvalue weighted by Gasteiger charge is -2.14. The van der Waals surface area contributed by atoms with Gasteiger partial charge < -0.3 is 5.32 Å². The first-order chi connectivity index (χ1) is 8.27. The molecule has 0 amide bonds. The van der Waals surface area contributed by atoms with E-state index in [9.17, 15) is 0 Å². The number of nitrogens with one attached hydrogen (secondary N) is 1. The van der Waals surface area contributed by atoms with Crippen molar-refractivity contribution in [3.63, 3.8) is 0 Å². The Morgan fingerprint density at radius 2 is 2.12 bits per heavy atom. The molecule has 17 heavy (non-hydrogen) atoms. The second kappa shape index (κ2) is 8.24. The quantitative estimate of drug-likeness (QED) is 0.694. The first kappa shape index (κ1) is 14.2. The van der Waals surface area contributed by atoms with E-state index in [1.807, 2.05) is 12.3 Å². The van der Waals surface area contributed by atoms with Gasteiger partial charge in [0.2, 0.25) is 0 Å². The molecule has 0 aliphatic carbocycles. The van der Waals surface area contributed by atoms with Gasteiger partial charge >= 0.3 is 0 Å². The molecule has 0 fully saturated rings. The topological polar surface area (TPSA) is 24.9 Å². The van der Waals surface area contributed by atoms with Gasteiger partial charge in [0.15, 0.2) is 0 Å². The SMILES string of the molecule is CCCCCC(C)NCc1ncccc1CC. The van der Waals surface area contributed by atoms with Gasteiger partial charge in [-0.15, -0.1) is 0 Å². The molecule has 1 heterocycles. The number of pyridine rings is 1. The van der Waals surface area contributed by atoms with E-state index in [-0.39, 0.29) is 0 Å². The van der Waals surface area contributed by atoms with E-state index in [0.29, 0.717) is 6.04 Å². The molecular formula is C15H26N2. The summed E-state index contributed by atoms with van der Waals surface area (Å²) in [5, 5.41) is 3.57. The Morgan fingerprint density at radius 1 is 1.29 bits per heavy atom. The molecule has 2 heteroatoms. The Hall–Kier alpha value is -0.890. The van der Waals surface area contributed by atoms with Gasteiger partial charge in [-0.25, -0.2) is 0 Å². The Bertz CT molecular complexity index is 310. The van der Waals surface area contributed by atoms with Crippen LogP contribution in [0, 0.1) is 0 Å². The van der Waals surface area contributed by atoms with Gasteiger partial charge in [0, 0.05) is 18.8 Å². The van der Waals surface area contributed by atoms with E-state index in [4.69, 9.17) is 0 Å². The zero-order valence-electron chi connectivity index (χ0n) is 11.5. The van der Waals surface area contributed by atoms with Crippen LogP contribution in [0.15, 0.2) is 18.3 Å². The highest BCUT2D eigenvalue weighted by Gasteiger charge is 2.04. The van der Waals surface area contributed by atoms with Crippen LogP contribution >= 0.6 is 0 Å². The Morgan fingerprint density at radius 3 is 2.82 bits per heavy atom. The van der Waals surface area contributed by atoms with Gasteiger partial charge in [-0.3, -0.25) is 4.98 Å². The minimum atomic E-state index is 0.591. The highest BCUT2D eigenvalue weighted by molar-refractivity contribution is 5.19. The summed E-state index contributed by atoms with van der Waals surface area (Å²) < 4.78 is 0. The fourth-order valence-electron chi connectivity index (χ4n) is 2.03. The van der Waals surface area contributed by atoms with Crippen molar-refractivity contribution in [2.45, 2.75) is 65.5 Å². The molecule has 0 saturated heterocycles. The Kier molecular flexibility index (Phi) is 6.87. The molecule has 1 unspecified atom stereocenters. The van der Waals surface area contributed by atoms with Crippen LogP contribution in [0.1, 0.15) is 57.7 Å². The Labute approximate surface area is 106 Å². The Balaban J connectivity index is 2.33. The number of nitrogens with zero attached hydrogens (tertiary/aromatic N) is 1. The summed E-state index contributed by atoms with van der Waals surface area (Å²) in [6.07, 6.45) is 8.19. The average molecular weight is 234 g/mol. The molecule has 96 valence electrons. The lowest BCUT2D eigenvalue weighted by Crippen LogP contribution is -2.26. The van der Waals surface area contributed by atoms with Crippen LogP contribution in [-0.4, -0.2) is 11.0 Å². The standard InChI is InChI=1S/C15H26N2/c1-4-6-7-9-13(3)17-12-15-14(5-2)10-8-11-16-15/h8,10-11,13,17H,4-7,9,12H2,1-3H3. The van der Waals surface area contributed by atoms with E-state index < -0.39 is 0 Å². The fourth-order valence-corrected chi connectivity index (χ4v) is 2.03. The van der Waals surface area contributed by atoms with Crippen LogP contribution in [0.3, 0.4) is 0 Å². The van der Waals surface area contributed by atoms with Gasteiger partial charge in [0.25, 0.3) is 0 Å². The zero-order chi connectivity index (χ0) is 12.5. The maximum atomic E-state index is 4.46. The van der Waals surface area contributed by atoms with Crippen LogP contribution in [0.5, 0.6) is 0 Å². The highest BCUT2D eigenvalue weighted by Crippen LogP contribution is 2.07. The summed E-state index contributed by atoms with van der Waals surface area (Å²) in [5.74, 6) is 0. The van der Waals surface area contributed by atoms with Crippen molar-refractivity contribution in [3.05, 3.63) is 29.6 Å². The molecule has 2 nitrogen and oxygen atoms in total. The largest absolute Gasteiger partial charge is 0.309 e. The van der Waals surface area contributed by atoms with Gasteiger partial charge in [-0.05, 0) is 31.4 Å². The van der Waals surface area contributed by atoms with Gasteiger partial charge in [-0.1, -0.05) is 39.2 Å². The first-order valence-electron chi connectivity index (χ1n) is 6.94. The predicted molar refractivity (Wildman–Crippen MR) is 74.1 cm³/mol. The number of aryl methyl sites for hydroxylation is 1. The van der Waals surface area contributed by atoms with E-state index in [1.165, 1.54) is 36.9 Å². The molecule has 0 radical (unpaired) electrons. The van der Waals surface area contributed by atoms with Crippen LogP contribution in [0.25, 0.3) is 0 Å². The third kappa shape index (κ3) is 5.31. The normalized spacial score (nSPS) is 12.6. The highest BCUT2D eigenvalue weighted by atomic mass is 14.9. The van der Waals surface area contributed by atoms with Crippen molar-refractivity contribution >= 4 is 0 Å². The molecule has 1 aromatic heterocycles. The molecule has 0 bridgehead atoms. The zero-order valence-corrected chi connectivity index (χ0v) is 11.5. The summed E-state index contributed by atoms with van der Waals surface area (Å²) >= 11 is 0. The lowest BCUT2D eigenvalue weighted by atomic mass is 10.1. The van der Waals surface area contributed by atoms with Crippen LogP contribution in [0.4, 0.5) is 0 Å². The summed E-state index contributed by atoms with van der Waals surface area (Å²) in [4.78, 5) is 4.46. The van der Waals surface area contributed by atoms with Crippen molar-refractivity contribution in [2.75, 3.05) is 0 Å². The number of hydrogen-bond acceptors (Lipinski definition) is 2. The number of rotatable bonds is 8. The third-order valence-electron chi connectivity index (χ3n) is 3.22. The van der Waals surface area contributed by atoms with Crippen molar-refractivity contribution in [3.8, 4) is 0 Å². The minimum Gasteiger partial charge on any atom is -0.309 e. The fraction of sp³-hybridized carbons (Fsp3) is 0.667. The van der Waals surface area contributed by atoms with Crippen LogP contribution in [-0.2, 0) is 13.0 Å². The maximum Gasteiger partial charge on any atom is 0.0573 e. The van der Waals surface area contributed by atoms with Crippen LogP contribution < -0.4 is 5.32 Å². The smallest absolute Gasteiger partial charge is 0.0573 e. The van der Waals surface area contributed by atoms with Crippen LogP contribution in [0.2, 0.25) is 0 Å². The predicted octanol–water partition coefficient (Wildman–Crippen LogP) is 3.70. The first-order valence-corrected chi connectivity index (χ1v) is 6.94. The van der Waals surface area contributed by atoms with Gasteiger partial charge in [0.05, 0.1) is 5.69 Å². The van der Waals surface area contributed by atoms with Crippen molar-refractivity contribution in [2.24, 2.45) is 0 Å². The second-order valence-electron chi connectivity index (χ2n) is 4.74. The molecular weight excluding hydrogens is 208 g/mol. The second-order valence-corrected chi connectivity index (χ2v) is 4.74. The molecule has 0 aromatic carbocycles. The van der Waals surface area contributed by atoms with E-state index in [1.54, 1.807) is 0 Å². The molecule has 1 rings (SSSR count). The molecule has 1 N–H and O–H groups in total.